The van der Waals surface area contributed by atoms with E-state index >= 15 is 0 Å². The molecule has 14 heavy (non-hydrogen) atoms. The van der Waals surface area contributed by atoms with Crippen LogP contribution in [0.15, 0.2) is 28.2 Å². The van der Waals surface area contributed by atoms with E-state index in [4.69, 9.17) is 0 Å². The lowest BCUT2D eigenvalue weighted by atomic mass is 10.3. The lowest BCUT2D eigenvalue weighted by Gasteiger charge is -1.94. The number of aliphatic imine (C=N–C) groups is 2. The minimum Gasteiger partial charge on any atom is -0.291 e. The monoisotopic (exact) mass is 189 g/mol. The molecule has 0 amide bonds. The average Bonchev–Trinajstić information content (AvgIpc) is 2.24. The van der Waals surface area contributed by atoms with Crippen LogP contribution >= 0.6 is 0 Å². The quantitative estimate of drug-likeness (QED) is 0.667. The minimum absolute atomic E-state index is 0.787. The van der Waals surface area contributed by atoms with E-state index in [2.05, 4.69) is 15.0 Å². The summed E-state index contributed by atoms with van der Waals surface area (Å²) in [6, 6.07) is 5.83. The molecule has 3 heteroatoms. The summed E-state index contributed by atoms with van der Waals surface area (Å²) in [5, 5.41) is 0. The molecule has 1 aromatic rings. The molecule has 0 radical (unpaired) electrons. The Morgan fingerprint density at radius 1 is 1.07 bits per heavy atom. The molecule has 74 valence electrons. The molecule has 0 atom stereocenters. The molecule has 0 N–H and O–H groups in total. The maximum absolute atomic E-state index is 4.35. The van der Waals surface area contributed by atoms with Crippen molar-refractivity contribution < 1.29 is 0 Å². The number of pyridine rings is 1. The molecule has 0 aliphatic heterocycles. The molecule has 0 aliphatic rings. The van der Waals surface area contributed by atoms with Gasteiger partial charge in [-0.3, -0.25) is 9.98 Å². The number of rotatable bonds is 4. The second-order valence-corrected chi connectivity index (χ2v) is 2.74. The molecular formula is C11H15N3. The van der Waals surface area contributed by atoms with Gasteiger partial charge in [-0.2, -0.15) is 0 Å². The van der Waals surface area contributed by atoms with E-state index in [-0.39, 0.29) is 0 Å². The van der Waals surface area contributed by atoms with Crippen LogP contribution in [-0.4, -0.2) is 30.5 Å². The van der Waals surface area contributed by atoms with Crippen LogP contribution in [0.4, 0.5) is 0 Å². The molecule has 0 saturated heterocycles. The SMILES string of the molecule is CC/N=C/c1cccc(/C=N/CC)n1. The lowest BCUT2D eigenvalue weighted by Crippen LogP contribution is -1.93. The number of hydrogen-bond acceptors (Lipinski definition) is 3. The smallest absolute Gasteiger partial charge is 0.0815 e. The standard InChI is InChI=1S/C11H15N3/c1-3-12-8-10-6-5-7-11(14-10)9-13-4-2/h5-9H,3-4H2,1-2H3/b12-8+,13-9+. The Hall–Kier alpha value is -1.51. The molecule has 0 aliphatic carbocycles. The maximum Gasteiger partial charge on any atom is 0.0815 e. The van der Waals surface area contributed by atoms with Gasteiger partial charge in [-0.15, -0.1) is 0 Å². The van der Waals surface area contributed by atoms with Crippen molar-refractivity contribution in [3.8, 4) is 0 Å². The first-order valence-electron chi connectivity index (χ1n) is 4.83. The molecule has 1 rings (SSSR count). The van der Waals surface area contributed by atoms with Crippen LogP contribution in [0.25, 0.3) is 0 Å². The maximum atomic E-state index is 4.35. The van der Waals surface area contributed by atoms with Crippen LogP contribution in [0.3, 0.4) is 0 Å². The highest BCUT2D eigenvalue weighted by Crippen LogP contribution is 1.95. The van der Waals surface area contributed by atoms with Crippen molar-refractivity contribution >= 4 is 12.4 Å². The molecule has 0 bridgehead atoms. The summed E-state index contributed by atoms with van der Waals surface area (Å²) in [5.74, 6) is 0. The van der Waals surface area contributed by atoms with E-state index in [0.717, 1.165) is 24.5 Å². The predicted molar refractivity (Wildman–Crippen MR) is 60.5 cm³/mol. The van der Waals surface area contributed by atoms with E-state index < -0.39 is 0 Å². The van der Waals surface area contributed by atoms with E-state index in [1.54, 1.807) is 12.4 Å². The first kappa shape index (κ1) is 10.6. The van der Waals surface area contributed by atoms with Crippen molar-refractivity contribution in [2.24, 2.45) is 9.98 Å². The van der Waals surface area contributed by atoms with Gasteiger partial charge in [0.1, 0.15) is 0 Å². The minimum atomic E-state index is 0.787. The fraction of sp³-hybridized carbons (Fsp3) is 0.364. The molecule has 1 heterocycles. The van der Waals surface area contributed by atoms with Gasteiger partial charge in [0.05, 0.1) is 11.4 Å². The van der Waals surface area contributed by atoms with E-state index in [1.165, 1.54) is 0 Å². The highest BCUT2D eigenvalue weighted by molar-refractivity contribution is 5.81. The Labute approximate surface area is 84.6 Å². The summed E-state index contributed by atoms with van der Waals surface area (Å²) in [6.07, 6.45) is 3.56. The van der Waals surface area contributed by atoms with Crippen molar-refractivity contribution in [1.29, 1.82) is 0 Å². The third-order valence-corrected chi connectivity index (χ3v) is 1.60. The van der Waals surface area contributed by atoms with Crippen molar-refractivity contribution in [2.75, 3.05) is 13.1 Å². The van der Waals surface area contributed by atoms with Gasteiger partial charge in [0.2, 0.25) is 0 Å². The Bertz CT molecular complexity index is 300. The van der Waals surface area contributed by atoms with Crippen molar-refractivity contribution in [2.45, 2.75) is 13.8 Å². The Morgan fingerprint density at radius 2 is 1.57 bits per heavy atom. The molecule has 0 fully saturated rings. The molecule has 1 aromatic heterocycles. The van der Waals surface area contributed by atoms with E-state index in [9.17, 15) is 0 Å². The Kier molecular flexibility index (Phi) is 4.55. The third kappa shape index (κ3) is 3.47. The number of hydrogen-bond donors (Lipinski definition) is 0. The predicted octanol–water partition coefficient (Wildman–Crippen LogP) is 1.96. The topological polar surface area (TPSA) is 37.6 Å². The van der Waals surface area contributed by atoms with Gasteiger partial charge in [-0.1, -0.05) is 6.07 Å². The highest BCUT2D eigenvalue weighted by Gasteiger charge is 1.91. The van der Waals surface area contributed by atoms with Gasteiger partial charge in [0.25, 0.3) is 0 Å². The normalized spacial score (nSPS) is 11.6. The van der Waals surface area contributed by atoms with Crippen molar-refractivity contribution in [3.63, 3.8) is 0 Å². The summed E-state index contributed by atoms with van der Waals surface area (Å²) in [4.78, 5) is 12.6. The third-order valence-electron chi connectivity index (χ3n) is 1.60. The van der Waals surface area contributed by atoms with Crippen LogP contribution in [-0.2, 0) is 0 Å². The average molecular weight is 189 g/mol. The van der Waals surface area contributed by atoms with Gasteiger partial charge < -0.3 is 0 Å². The lowest BCUT2D eigenvalue weighted by molar-refractivity contribution is 1.12. The van der Waals surface area contributed by atoms with Gasteiger partial charge in [0.15, 0.2) is 0 Å². The molecule has 0 saturated carbocycles. The Morgan fingerprint density at radius 3 is 2.00 bits per heavy atom. The van der Waals surface area contributed by atoms with Gasteiger partial charge in [-0.05, 0) is 26.0 Å². The fourth-order valence-corrected chi connectivity index (χ4v) is 0.982. The molecule has 0 spiro atoms. The fourth-order valence-electron chi connectivity index (χ4n) is 0.982. The second-order valence-electron chi connectivity index (χ2n) is 2.74. The molecule has 0 unspecified atom stereocenters. The summed E-state index contributed by atoms with van der Waals surface area (Å²) in [7, 11) is 0. The number of aromatic nitrogens is 1. The van der Waals surface area contributed by atoms with Gasteiger partial charge in [0, 0.05) is 25.5 Å². The zero-order valence-electron chi connectivity index (χ0n) is 8.64. The van der Waals surface area contributed by atoms with Crippen molar-refractivity contribution in [3.05, 3.63) is 29.6 Å². The highest BCUT2D eigenvalue weighted by atomic mass is 14.8. The number of nitrogens with zero attached hydrogens (tertiary/aromatic N) is 3. The van der Waals surface area contributed by atoms with Crippen molar-refractivity contribution in [1.82, 2.24) is 4.98 Å². The first-order chi connectivity index (χ1) is 6.86. The van der Waals surface area contributed by atoms with Crippen LogP contribution in [0, 0.1) is 0 Å². The van der Waals surface area contributed by atoms with E-state index in [0.29, 0.717) is 0 Å². The van der Waals surface area contributed by atoms with Crippen LogP contribution in [0.1, 0.15) is 25.2 Å². The van der Waals surface area contributed by atoms with Gasteiger partial charge >= 0.3 is 0 Å². The summed E-state index contributed by atoms with van der Waals surface area (Å²) in [5.41, 5.74) is 1.76. The first-order valence-corrected chi connectivity index (χ1v) is 4.83. The largest absolute Gasteiger partial charge is 0.291 e. The molecule has 0 aromatic carbocycles. The van der Waals surface area contributed by atoms with E-state index in [1.807, 2.05) is 32.0 Å². The summed E-state index contributed by atoms with van der Waals surface area (Å²) >= 11 is 0. The van der Waals surface area contributed by atoms with Gasteiger partial charge in [-0.25, -0.2) is 4.98 Å². The summed E-state index contributed by atoms with van der Waals surface area (Å²) in [6.45, 7) is 5.57. The molecular weight excluding hydrogens is 174 g/mol. The zero-order valence-corrected chi connectivity index (χ0v) is 8.64. The van der Waals surface area contributed by atoms with Crippen LogP contribution in [0.5, 0.6) is 0 Å². The second kappa shape index (κ2) is 6.02. The Balaban J connectivity index is 2.78. The van der Waals surface area contributed by atoms with Crippen LogP contribution < -0.4 is 0 Å². The summed E-state index contributed by atoms with van der Waals surface area (Å²) < 4.78 is 0. The zero-order chi connectivity index (χ0) is 10.2. The molecule has 3 nitrogen and oxygen atoms in total. The van der Waals surface area contributed by atoms with Crippen LogP contribution in [0.2, 0.25) is 0 Å².